The number of aryl methyl sites for hydroxylation is 2. The lowest BCUT2D eigenvalue weighted by Crippen LogP contribution is -2.29. The van der Waals surface area contributed by atoms with E-state index in [2.05, 4.69) is 5.32 Å². The Bertz CT molecular complexity index is 1570. The van der Waals surface area contributed by atoms with Crippen LogP contribution in [0.4, 0.5) is 4.39 Å². The molecule has 2 atom stereocenters. The average Bonchev–Trinajstić information content (AvgIpc) is 2.95. The van der Waals surface area contributed by atoms with E-state index in [-0.39, 0.29) is 17.7 Å². The lowest BCUT2D eigenvalue weighted by atomic mass is 9.84. The van der Waals surface area contributed by atoms with E-state index in [0.29, 0.717) is 52.2 Å². The van der Waals surface area contributed by atoms with Gasteiger partial charge in [-0.25, -0.2) is 9.18 Å². The van der Waals surface area contributed by atoms with E-state index in [0.717, 1.165) is 23.1 Å². The van der Waals surface area contributed by atoms with Gasteiger partial charge in [0.05, 0.1) is 18.2 Å². The summed E-state index contributed by atoms with van der Waals surface area (Å²) >= 11 is 0. The van der Waals surface area contributed by atoms with Crippen molar-refractivity contribution in [1.29, 1.82) is 0 Å². The van der Waals surface area contributed by atoms with Crippen LogP contribution in [0.15, 0.2) is 42.0 Å². The van der Waals surface area contributed by atoms with Crippen molar-refractivity contribution in [2.24, 2.45) is 0 Å². The van der Waals surface area contributed by atoms with Crippen LogP contribution < -0.4 is 10.1 Å². The van der Waals surface area contributed by atoms with Gasteiger partial charge in [0.25, 0.3) is 0 Å². The van der Waals surface area contributed by atoms with Gasteiger partial charge in [0.15, 0.2) is 17.7 Å². The minimum absolute atomic E-state index is 0.236. The third-order valence-electron chi connectivity index (χ3n) is 7.68. The molecule has 0 aliphatic carbocycles. The summed E-state index contributed by atoms with van der Waals surface area (Å²) < 4.78 is 27.4. The van der Waals surface area contributed by atoms with Gasteiger partial charge in [0, 0.05) is 33.7 Å². The van der Waals surface area contributed by atoms with Crippen LogP contribution in [0.2, 0.25) is 0 Å². The molecule has 8 heteroatoms. The Balaban J connectivity index is 1.97. The number of rotatable bonds is 8. The summed E-state index contributed by atoms with van der Waals surface area (Å²) in [6.45, 7) is 14.8. The summed E-state index contributed by atoms with van der Waals surface area (Å²) in [4.78, 5) is 30.9. The number of carbonyl (C=O) groups excluding carboxylic acids is 1. The first-order valence-electron chi connectivity index (χ1n) is 14.6. The standard InChI is InChI=1S/C35H41FN2O5/c1-19(33(39)38-21(3)24-13-10-9-11-14-24)17-27-22(4)37-23(5)29(32(34(40)41)43-35(6,7)8)30(27)26-18-28(36)31-25(20(26)2)15-12-16-42-31/h9-11,13-14,17-18,21,32H,12,15-16H2,1-8H3,(H,38,39)(H,40,41)/b19-17+/t21-,32+/m1/s1. The van der Waals surface area contributed by atoms with Crippen molar-refractivity contribution in [2.45, 2.75) is 86.0 Å². The van der Waals surface area contributed by atoms with Crippen LogP contribution in [0.25, 0.3) is 17.2 Å². The van der Waals surface area contributed by atoms with E-state index in [1.54, 1.807) is 47.6 Å². The summed E-state index contributed by atoms with van der Waals surface area (Å²) in [7, 11) is 0. The Morgan fingerprint density at radius 1 is 1.14 bits per heavy atom. The number of carboxylic acids is 1. The molecule has 7 nitrogen and oxygen atoms in total. The summed E-state index contributed by atoms with van der Waals surface area (Å²) in [5.74, 6) is -1.75. The maximum atomic E-state index is 15.6. The monoisotopic (exact) mass is 588 g/mol. The van der Waals surface area contributed by atoms with Crippen LogP contribution in [0.5, 0.6) is 5.75 Å². The van der Waals surface area contributed by atoms with Gasteiger partial charge in [-0.15, -0.1) is 0 Å². The lowest BCUT2D eigenvalue weighted by molar-refractivity contribution is -0.160. The van der Waals surface area contributed by atoms with Gasteiger partial charge in [0.2, 0.25) is 5.91 Å². The number of nitrogens with zero attached hydrogens (tertiary/aromatic N) is 1. The predicted octanol–water partition coefficient (Wildman–Crippen LogP) is 7.36. The third kappa shape index (κ3) is 6.96. The van der Waals surface area contributed by atoms with Gasteiger partial charge >= 0.3 is 5.97 Å². The van der Waals surface area contributed by atoms with Crippen molar-refractivity contribution >= 4 is 18.0 Å². The second-order valence-electron chi connectivity index (χ2n) is 12.2. The van der Waals surface area contributed by atoms with Crippen molar-refractivity contribution in [3.05, 3.63) is 87.0 Å². The number of hydrogen-bond acceptors (Lipinski definition) is 5. The summed E-state index contributed by atoms with van der Waals surface area (Å²) in [5.41, 5.74) is 4.98. The van der Waals surface area contributed by atoms with E-state index >= 15 is 4.39 Å². The maximum absolute atomic E-state index is 15.6. The van der Waals surface area contributed by atoms with Gasteiger partial charge in [-0.2, -0.15) is 0 Å². The number of fused-ring (bicyclic) bond motifs is 1. The Morgan fingerprint density at radius 3 is 2.44 bits per heavy atom. The quantitative estimate of drug-likeness (QED) is 0.267. The number of aromatic nitrogens is 1. The summed E-state index contributed by atoms with van der Waals surface area (Å²) in [6.07, 6.45) is 1.69. The van der Waals surface area contributed by atoms with E-state index in [1.807, 2.05) is 44.2 Å². The minimum Gasteiger partial charge on any atom is -0.490 e. The Kier molecular flexibility index (Phi) is 9.40. The number of amides is 1. The molecule has 3 aromatic rings. The van der Waals surface area contributed by atoms with E-state index in [4.69, 9.17) is 14.5 Å². The van der Waals surface area contributed by atoms with Crippen LogP contribution >= 0.6 is 0 Å². The second kappa shape index (κ2) is 12.7. The zero-order valence-corrected chi connectivity index (χ0v) is 26.2. The molecule has 2 heterocycles. The molecule has 0 radical (unpaired) electrons. The molecule has 228 valence electrons. The number of ether oxygens (including phenoxy) is 2. The molecule has 0 unspecified atom stereocenters. The minimum atomic E-state index is -1.39. The fourth-order valence-electron chi connectivity index (χ4n) is 5.59. The molecule has 1 aliphatic heterocycles. The fourth-order valence-corrected chi connectivity index (χ4v) is 5.59. The molecule has 1 aromatic heterocycles. The largest absolute Gasteiger partial charge is 0.490 e. The molecule has 0 fully saturated rings. The number of benzene rings is 2. The SMILES string of the molecule is C/C(=C\c1c(C)nc(C)c([C@H](OC(C)(C)C)C(=O)O)c1-c1cc(F)c2c(c1C)CCCO2)C(=O)N[C@H](C)c1ccccc1. The molecular formula is C35H41FN2O5. The molecule has 1 amide bonds. The maximum Gasteiger partial charge on any atom is 0.337 e. The van der Waals surface area contributed by atoms with Crippen LogP contribution in [-0.4, -0.2) is 34.2 Å². The van der Waals surface area contributed by atoms with Gasteiger partial charge in [-0.05, 0) is 103 Å². The summed E-state index contributed by atoms with van der Waals surface area (Å²) in [5, 5.41) is 13.4. The number of carbonyl (C=O) groups is 2. The van der Waals surface area contributed by atoms with Crippen LogP contribution in [0.3, 0.4) is 0 Å². The van der Waals surface area contributed by atoms with Crippen molar-refractivity contribution in [3.63, 3.8) is 0 Å². The number of pyridine rings is 1. The lowest BCUT2D eigenvalue weighted by Gasteiger charge is -2.30. The van der Waals surface area contributed by atoms with Crippen LogP contribution in [0.1, 0.15) is 92.4 Å². The molecule has 2 N–H and O–H groups in total. The van der Waals surface area contributed by atoms with E-state index < -0.39 is 23.5 Å². The van der Waals surface area contributed by atoms with Crippen molar-refractivity contribution < 1.29 is 28.6 Å². The topological polar surface area (TPSA) is 97.8 Å². The Hall–Kier alpha value is -4.04. The molecule has 0 spiro atoms. The highest BCUT2D eigenvalue weighted by molar-refractivity contribution is 5.99. The van der Waals surface area contributed by atoms with Crippen LogP contribution in [0, 0.1) is 26.6 Å². The van der Waals surface area contributed by atoms with Gasteiger partial charge in [-0.3, -0.25) is 9.78 Å². The Labute approximate surface area is 253 Å². The molecule has 4 rings (SSSR count). The first kappa shape index (κ1) is 31.9. The zero-order valence-electron chi connectivity index (χ0n) is 26.2. The normalized spacial score (nSPS) is 14.9. The fraction of sp³-hybridized carbons (Fsp3) is 0.400. The molecule has 0 saturated heterocycles. The van der Waals surface area contributed by atoms with Crippen molar-refractivity contribution in [1.82, 2.24) is 10.3 Å². The average molecular weight is 589 g/mol. The molecular weight excluding hydrogens is 547 g/mol. The van der Waals surface area contributed by atoms with Gasteiger partial charge in [-0.1, -0.05) is 30.3 Å². The molecule has 1 aliphatic rings. The van der Waals surface area contributed by atoms with Gasteiger partial charge in [0.1, 0.15) is 0 Å². The number of hydrogen-bond donors (Lipinski definition) is 2. The molecule has 0 bridgehead atoms. The van der Waals surface area contributed by atoms with E-state index in [9.17, 15) is 14.7 Å². The first-order chi connectivity index (χ1) is 20.2. The zero-order chi connectivity index (χ0) is 31.6. The highest BCUT2D eigenvalue weighted by Crippen LogP contribution is 2.44. The third-order valence-corrected chi connectivity index (χ3v) is 7.68. The van der Waals surface area contributed by atoms with Crippen molar-refractivity contribution in [2.75, 3.05) is 6.61 Å². The highest BCUT2D eigenvalue weighted by Gasteiger charge is 2.34. The number of carboxylic acid groups (broad SMARTS) is 1. The number of nitrogens with one attached hydrogen (secondary N) is 1. The Morgan fingerprint density at radius 2 is 1.81 bits per heavy atom. The molecule has 2 aromatic carbocycles. The summed E-state index contributed by atoms with van der Waals surface area (Å²) in [6, 6.07) is 10.8. The second-order valence-corrected chi connectivity index (χ2v) is 12.2. The highest BCUT2D eigenvalue weighted by atomic mass is 19.1. The molecule has 0 saturated carbocycles. The first-order valence-corrected chi connectivity index (χ1v) is 14.6. The predicted molar refractivity (Wildman–Crippen MR) is 166 cm³/mol. The molecule has 43 heavy (non-hydrogen) atoms. The van der Waals surface area contributed by atoms with Gasteiger partial charge < -0.3 is 19.9 Å². The number of aliphatic carboxylic acids is 1. The van der Waals surface area contributed by atoms with E-state index in [1.165, 1.54) is 6.07 Å². The smallest absolute Gasteiger partial charge is 0.337 e. The van der Waals surface area contributed by atoms with Crippen LogP contribution in [-0.2, 0) is 20.7 Å². The number of halogens is 1. The van der Waals surface area contributed by atoms with Crippen molar-refractivity contribution in [3.8, 4) is 16.9 Å².